The minimum Gasteiger partial charge on any atom is -0.496 e. The fourth-order valence-electron chi connectivity index (χ4n) is 2.14. The second-order valence-corrected chi connectivity index (χ2v) is 4.73. The third-order valence-corrected chi connectivity index (χ3v) is 3.22. The smallest absolute Gasteiger partial charge is 0.315 e. The van der Waals surface area contributed by atoms with Crippen molar-refractivity contribution in [3.8, 4) is 23.0 Å². The number of benzene rings is 2. The van der Waals surface area contributed by atoms with Crippen molar-refractivity contribution in [2.24, 2.45) is 0 Å². The number of methoxy groups -OCH3 is 1. The quantitative estimate of drug-likeness (QED) is 0.533. The van der Waals surface area contributed by atoms with Crippen molar-refractivity contribution in [1.29, 1.82) is 0 Å². The lowest BCUT2D eigenvalue weighted by Gasteiger charge is -2.08. The largest absolute Gasteiger partial charge is 0.496 e. The Labute approximate surface area is 132 Å². The van der Waals surface area contributed by atoms with Crippen molar-refractivity contribution in [3.05, 3.63) is 60.5 Å². The summed E-state index contributed by atoms with van der Waals surface area (Å²) in [5.74, 6) is 1.17. The molecule has 6 nitrogen and oxygen atoms in total. The molecule has 0 saturated carbocycles. The summed E-state index contributed by atoms with van der Waals surface area (Å²) >= 11 is 0. The number of hydrogen-bond acceptors (Lipinski definition) is 6. The van der Waals surface area contributed by atoms with Crippen molar-refractivity contribution in [3.63, 3.8) is 0 Å². The molecule has 0 N–H and O–H groups in total. The van der Waals surface area contributed by atoms with Gasteiger partial charge in [0.1, 0.15) is 11.5 Å². The van der Waals surface area contributed by atoms with Gasteiger partial charge in [-0.15, -0.1) is 10.2 Å². The van der Waals surface area contributed by atoms with Crippen LogP contribution in [0.2, 0.25) is 0 Å². The Hall–Kier alpha value is -3.15. The monoisotopic (exact) mass is 310 g/mol. The molecule has 0 bridgehead atoms. The van der Waals surface area contributed by atoms with Gasteiger partial charge in [0.05, 0.1) is 13.5 Å². The maximum atomic E-state index is 12.0. The van der Waals surface area contributed by atoms with E-state index in [1.54, 1.807) is 31.4 Å². The predicted molar refractivity (Wildman–Crippen MR) is 82.1 cm³/mol. The Morgan fingerprint density at radius 2 is 1.91 bits per heavy atom. The molecule has 0 aliphatic carbocycles. The van der Waals surface area contributed by atoms with Crippen LogP contribution in [0.25, 0.3) is 11.5 Å². The van der Waals surface area contributed by atoms with Crippen LogP contribution in [0, 0.1) is 0 Å². The van der Waals surface area contributed by atoms with Gasteiger partial charge in [-0.3, -0.25) is 4.79 Å². The van der Waals surface area contributed by atoms with Crippen molar-refractivity contribution in [2.75, 3.05) is 7.11 Å². The minimum atomic E-state index is -0.361. The molecule has 0 amide bonds. The van der Waals surface area contributed by atoms with Gasteiger partial charge in [-0.25, -0.2) is 0 Å². The lowest BCUT2D eigenvalue weighted by Crippen LogP contribution is -2.11. The lowest BCUT2D eigenvalue weighted by molar-refractivity contribution is -0.133. The molecule has 0 aliphatic rings. The fraction of sp³-hybridized carbons (Fsp3) is 0.118. The van der Waals surface area contributed by atoms with Crippen LogP contribution < -0.4 is 9.47 Å². The van der Waals surface area contributed by atoms with Crippen LogP contribution >= 0.6 is 0 Å². The standard InChI is InChI=1S/C17H14N2O4/c1-21-15-5-3-2-4-13(15)10-16(20)23-14-8-6-12(7-9-14)17-19-18-11-22-17/h2-9,11H,10H2,1H3. The highest BCUT2D eigenvalue weighted by molar-refractivity contribution is 5.76. The van der Waals surface area contributed by atoms with Crippen LogP contribution in [0.15, 0.2) is 59.3 Å². The molecule has 0 unspecified atom stereocenters. The molecule has 3 aromatic rings. The summed E-state index contributed by atoms with van der Waals surface area (Å²) in [5, 5.41) is 7.43. The Kier molecular flexibility index (Phi) is 4.33. The van der Waals surface area contributed by atoms with Gasteiger partial charge in [0.15, 0.2) is 0 Å². The molecule has 6 heteroatoms. The number of esters is 1. The lowest BCUT2D eigenvalue weighted by atomic mass is 10.1. The number of carbonyl (C=O) groups excluding carboxylic acids is 1. The van der Waals surface area contributed by atoms with Crippen LogP contribution in [0.5, 0.6) is 11.5 Å². The summed E-state index contributed by atoms with van der Waals surface area (Å²) < 4.78 is 15.7. The number of rotatable bonds is 5. The number of carbonyl (C=O) groups is 1. The van der Waals surface area contributed by atoms with Gasteiger partial charge in [-0.1, -0.05) is 18.2 Å². The first-order valence-corrected chi connectivity index (χ1v) is 6.95. The third kappa shape index (κ3) is 3.55. The predicted octanol–water partition coefficient (Wildman–Crippen LogP) is 2.89. The average Bonchev–Trinajstić information content (AvgIpc) is 3.10. The number of hydrogen-bond donors (Lipinski definition) is 0. The summed E-state index contributed by atoms with van der Waals surface area (Å²) in [4.78, 5) is 12.0. The van der Waals surface area contributed by atoms with Crippen LogP contribution in [0.4, 0.5) is 0 Å². The molecule has 0 aliphatic heterocycles. The van der Waals surface area contributed by atoms with Crippen LogP contribution in [-0.2, 0) is 11.2 Å². The van der Waals surface area contributed by atoms with Gasteiger partial charge in [0.25, 0.3) is 0 Å². The van der Waals surface area contributed by atoms with Crippen molar-refractivity contribution < 1.29 is 18.7 Å². The van der Waals surface area contributed by atoms with E-state index >= 15 is 0 Å². The van der Waals surface area contributed by atoms with E-state index in [4.69, 9.17) is 13.9 Å². The molecule has 116 valence electrons. The van der Waals surface area contributed by atoms with E-state index in [9.17, 15) is 4.79 Å². The van der Waals surface area contributed by atoms with Gasteiger partial charge in [0, 0.05) is 11.1 Å². The van der Waals surface area contributed by atoms with E-state index < -0.39 is 0 Å². The minimum absolute atomic E-state index is 0.134. The highest BCUT2D eigenvalue weighted by Gasteiger charge is 2.11. The molecule has 2 aromatic carbocycles. The molecule has 3 rings (SSSR count). The maximum Gasteiger partial charge on any atom is 0.315 e. The van der Waals surface area contributed by atoms with E-state index in [0.717, 1.165) is 11.1 Å². The Bertz CT molecular complexity index is 783. The van der Waals surface area contributed by atoms with Gasteiger partial charge < -0.3 is 13.9 Å². The van der Waals surface area contributed by atoms with Gasteiger partial charge in [-0.2, -0.15) is 0 Å². The molecule has 0 fully saturated rings. The highest BCUT2D eigenvalue weighted by Crippen LogP contribution is 2.22. The molecule has 1 aromatic heterocycles. The first-order chi connectivity index (χ1) is 11.3. The number of para-hydroxylation sites is 1. The SMILES string of the molecule is COc1ccccc1CC(=O)Oc1ccc(-c2nnco2)cc1. The summed E-state index contributed by atoms with van der Waals surface area (Å²) in [5.41, 5.74) is 1.54. The molecule has 23 heavy (non-hydrogen) atoms. The number of ether oxygens (including phenoxy) is 2. The zero-order valence-electron chi connectivity index (χ0n) is 12.4. The molecular formula is C17H14N2O4. The van der Waals surface area contributed by atoms with Gasteiger partial charge in [-0.05, 0) is 30.3 Å². The average molecular weight is 310 g/mol. The molecule has 0 spiro atoms. The van der Waals surface area contributed by atoms with E-state index in [0.29, 0.717) is 17.4 Å². The Morgan fingerprint density at radius 3 is 2.61 bits per heavy atom. The van der Waals surface area contributed by atoms with Crippen molar-refractivity contribution in [2.45, 2.75) is 6.42 Å². The summed E-state index contributed by atoms with van der Waals surface area (Å²) in [7, 11) is 1.57. The molecule has 0 atom stereocenters. The molecule has 0 radical (unpaired) electrons. The normalized spacial score (nSPS) is 10.3. The fourth-order valence-corrected chi connectivity index (χ4v) is 2.14. The topological polar surface area (TPSA) is 74.5 Å². The van der Waals surface area contributed by atoms with E-state index in [2.05, 4.69) is 10.2 Å². The summed E-state index contributed by atoms with van der Waals surface area (Å²) in [6.07, 6.45) is 1.39. The van der Waals surface area contributed by atoms with Crippen LogP contribution in [-0.4, -0.2) is 23.3 Å². The highest BCUT2D eigenvalue weighted by atomic mass is 16.5. The first-order valence-electron chi connectivity index (χ1n) is 6.95. The second-order valence-electron chi connectivity index (χ2n) is 4.73. The third-order valence-electron chi connectivity index (χ3n) is 3.22. The van der Waals surface area contributed by atoms with Crippen molar-refractivity contribution >= 4 is 5.97 Å². The second kappa shape index (κ2) is 6.74. The number of nitrogens with zero attached hydrogens (tertiary/aromatic N) is 2. The first kappa shape index (κ1) is 14.8. The van der Waals surface area contributed by atoms with E-state index in [1.807, 2.05) is 24.3 Å². The van der Waals surface area contributed by atoms with Crippen LogP contribution in [0.1, 0.15) is 5.56 Å². The van der Waals surface area contributed by atoms with Gasteiger partial charge in [0.2, 0.25) is 12.3 Å². The molecule has 0 saturated heterocycles. The zero-order valence-corrected chi connectivity index (χ0v) is 12.4. The van der Waals surface area contributed by atoms with Crippen molar-refractivity contribution in [1.82, 2.24) is 10.2 Å². The Morgan fingerprint density at radius 1 is 1.13 bits per heavy atom. The zero-order chi connectivity index (χ0) is 16.1. The van der Waals surface area contributed by atoms with Gasteiger partial charge >= 0.3 is 5.97 Å². The number of aromatic nitrogens is 2. The molecule has 1 heterocycles. The summed E-state index contributed by atoms with van der Waals surface area (Å²) in [6.45, 7) is 0. The maximum absolute atomic E-state index is 12.0. The van der Waals surface area contributed by atoms with E-state index in [-0.39, 0.29) is 12.4 Å². The van der Waals surface area contributed by atoms with E-state index in [1.165, 1.54) is 6.39 Å². The molecular weight excluding hydrogens is 296 g/mol. The van der Waals surface area contributed by atoms with Crippen LogP contribution in [0.3, 0.4) is 0 Å². The summed E-state index contributed by atoms with van der Waals surface area (Å²) in [6, 6.07) is 14.2. The Balaban J connectivity index is 1.66.